The van der Waals surface area contributed by atoms with E-state index >= 15 is 0 Å². The predicted molar refractivity (Wildman–Crippen MR) is 89.4 cm³/mol. The Labute approximate surface area is 137 Å². The van der Waals surface area contributed by atoms with Crippen molar-refractivity contribution in [3.05, 3.63) is 69.5 Å². The van der Waals surface area contributed by atoms with Crippen LogP contribution in [0.1, 0.15) is 29.9 Å². The molecule has 1 atom stereocenters. The number of aromatic nitrogens is 2. The summed E-state index contributed by atoms with van der Waals surface area (Å²) >= 11 is 0. The van der Waals surface area contributed by atoms with Gasteiger partial charge in [0.05, 0.1) is 28.7 Å². The summed E-state index contributed by atoms with van der Waals surface area (Å²) in [6.07, 6.45) is 0. The number of hydrogen-bond acceptors (Lipinski definition) is 4. The number of nitrogens with two attached hydrogens (primary N) is 1. The van der Waals surface area contributed by atoms with Crippen molar-refractivity contribution in [2.45, 2.75) is 19.9 Å². The first-order chi connectivity index (χ1) is 11.4. The summed E-state index contributed by atoms with van der Waals surface area (Å²) in [5, 5.41) is 9.29. The molecule has 0 aliphatic carbocycles. The van der Waals surface area contributed by atoms with Crippen molar-refractivity contribution >= 4 is 10.9 Å². The van der Waals surface area contributed by atoms with Crippen molar-refractivity contribution in [3.8, 4) is 11.8 Å². The molecule has 1 aromatic heterocycles. The molecule has 0 radical (unpaired) electrons. The van der Waals surface area contributed by atoms with E-state index in [1.54, 1.807) is 44.2 Å². The van der Waals surface area contributed by atoms with Gasteiger partial charge in [-0.25, -0.2) is 9.37 Å². The lowest BCUT2D eigenvalue weighted by atomic mass is 10.1. The maximum absolute atomic E-state index is 14.1. The Morgan fingerprint density at radius 2 is 2.08 bits per heavy atom. The monoisotopic (exact) mass is 322 g/mol. The Bertz CT molecular complexity index is 1050. The lowest BCUT2D eigenvalue weighted by Gasteiger charge is -2.17. The van der Waals surface area contributed by atoms with Crippen LogP contribution in [0.2, 0.25) is 0 Å². The van der Waals surface area contributed by atoms with E-state index in [-0.39, 0.29) is 16.7 Å². The summed E-state index contributed by atoms with van der Waals surface area (Å²) in [5.41, 5.74) is 7.09. The minimum absolute atomic E-state index is 0.0139. The number of halogens is 1. The van der Waals surface area contributed by atoms with Gasteiger partial charge in [-0.15, -0.1) is 0 Å². The Balaban J connectivity index is 2.49. The predicted octanol–water partition coefficient (Wildman–Crippen LogP) is 2.72. The van der Waals surface area contributed by atoms with Crippen LogP contribution in [0.25, 0.3) is 16.6 Å². The number of hydrogen-bond donors (Lipinski definition) is 1. The van der Waals surface area contributed by atoms with E-state index in [1.165, 1.54) is 10.6 Å². The van der Waals surface area contributed by atoms with Crippen LogP contribution in [0.4, 0.5) is 4.39 Å². The van der Waals surface area contributed by atoms with Gasteiger partial charge in [0.1, 0.15) is 17.2 Å². The van der Waals surface area contributed by atoms with Gasteiger partial charge in [0.2, 0.25) is 0 Å². The Hall–Kier alpha value is -3.04. The third-order valence-corrected chi connectivity index (χ3v) is 3.85. The Kier molecular flexibility index (Phi) is 3.87. The summed E-state index contributed by atoms with van der Waals surface area (Å²) in [6.45, 7) is 3.40. The topological polar surface area (TPSA) is 84.7 Å². The largest absolute Gasteiger partial charge is 0.322 e. The van der Waals surface area contributed by atoms with Gasteiger partial charge >= 0.3 is 0 Å². The molecule has 0 fully saturated rings. The van der Waals surface area contributed by atoms with Crippen molar-refractivity contribution in [2.75, 3.05) is 0 Å². The SMILES string of the molecule is Cc1ccc(F)c2nc([C@H](C)N)n(-c3cccc(C#N)c3)c(=O)c12. The molecular weight excluding hydrogens is 307 g/mol. The second-order valence-corrected chi connectivity index (χ2v) is 5.65. The summed E-state index contributed by atoms with van der Waals surface area (Å²) in [6, 6.07) is 10.9. The molecule has 1 heterocycles. The molecule has 0 unspecified atom stereocenters. The number of benzene rings is 2. The lowest BCUT2D eigenvalue weighted by molar-refractivity contribution is 0.629. The second kappa shape index (κ2) is 5.87. The molecule has 120 valence electrons. The van der Waals surface area contributed by atoms with Crippen LogP contribution in [0.5, 0.6) is 0 Å². The van der Waals surface area contributed by atoms with Crippen molar-refractivity contribution in [3.63, 3.8) is 0 Å². The third-order valence-electron chi connectivity index (χ3n) is 3.85. The van der Waals surface area contributed by atoms with Gasteiger partial charge in [-0.2, -0.15) is 5.26 Å². The van der Waals surface area contributed by atoms with Gasteiger partial charge in [-0.05, 0) is 43.7 Å². The zero-order valence-corrected chi connectivity index (χ0v) is 13.2. The smallest absolute Gasteiger partial charge is 0.266 e. The molecule has 6 heteroatoms. The molecule has 0 aliphatic heterocycles. The molecule has 24 heavy (non-hydrogen) atoms. The molecule has 0 amide bonds. The van der Waals surface area contributed by atoms with E-state index in [2.05, 4.69) is 4.98 Å². The van der Waals surface area contributed by atoms with Crippen molar-refractivity contribution in [1.82, 2.24) is 9.55 Å². The first-order valence-electron chi connectivity index (χ1n) is 7.42. The highest BCUT2D eigenvalue weighted by atomic mass is 19.1. The molecule has 0 saturated carbocycles. The fraction of sp³-hybridized carbons (Fsp3) is 0.167. The van der Waals surface area contributed by atoms with Gasteiger partial charge in [-0.1, -0.05) is 12.1 Å². The van der Waals surface area contributed by atoms with Gasteiger partial charge in [-0.3, -0.25) is 9.36 Å². The normalized spacial score (nSPS) is 12.1. The maximum Gasteiger partial charge on any atom is 0.266 e. The van der Waals surface area contributed by atoms with Gasteiger partial charge in [0.15, 0.2) is 0 Å². The van der Waals surface area contributed by atoms with Crippen LogP contribution in [-0.2, 0) is 0 Å². The van der Waals surface area contributed by atoms with Crippen molar-refractivity contribution in [2.24, 2.45) is 5.73 Å². The zero-order chi connectivity index (χ0) is 17.4. The fourth-order valence-electron chi connectivity index (χ4n) is 2.70. The average molecular weight is 322 g/mol. The second-order valence-electron chi connectivity index (χ2n) is 5.65. The van der Waals surface area contributed by atoms with Crippen LogP contribution in [0.3, 0.4) is 0 Å². The average Bonchev–Trinajstić information content (AvgIpc) is 2.57. The van der Waals surface area contributed by atoms with Crippen LogP contribution >= 0.6 is 0 Å². The van der Waals surface area contributed by atoms with Crippen LogP contribution < -0.4 is 11.3 Å². The van der Waals surface area contributed by atoms with Crippen LogP contribution in [-0.4, -0.2) is 9.55 Å². The lowest BCUT2D eigenvalue weighted by Crippen LogP contribution is -2.28. The molecule has 0 spiro atoms. The number of nitriles is 1. The summed E-state index contributed by atoms with van der Waals surface area (Å²) < 4.78 is 15.5. The molecule has 0 bridgehead atoms. The molecule has 2 aromatic carbocycles. The summed E-state index contributed by atoms with van der Waals surface area (Å²) in [4.78, 5) is 17.4. The highest BCUT2D eigenvalue weighted by Crippen LogP contribution is 2.21. The van der Waals surface area contributed by atoms with E-state index in [0.29, 0.717) is 16.8 Å². The number of aryl methyl sites for hydroxylation is 1. The van der Waals surface area contributed by atoms with E-state index in [9.17, 15) is 9.18 Å². The third kappa shape index (κ3) is 2.45. The molecule has 2 N–H and O–H groups in total. The minimum atomic E-state index is -0.590. The van der Waals surface area contributed by atoms with Gasteiger partial charge < -0.3 is 5.73 Å². The first kappa shape index (κ1) is 15.8. The van der Waals surface area contributed by atoms with Crippen LogP contribution in [0, 0.1) is 24.1 Å². The number of fused-ring (bicyclic) bond motifs is 1. The van der Waals surface area contributed by atoms with Crippen molar-refractivity contribution in [1.29, 1.82) is 5.26 Å². The maximum atomic E-state index is 14.1. The van der Waals surface area contributed by atoms with Gasteiger partial charge in [0.25, 0.3) is 5.56 Å². The van der Waals surface area contributed by atoms with E-state index in [1.807, 2.05) is 6.07 Å². The minimum Gasteiger partial charge on any atom is -0.322 e. The molecule has 5 nitrogen and oxygen atoms in total. The molecule has 3 rings (SSSR count). The highest BCUT2D eigenvalue weighted by molar-refractivity contribution is 5.82. The van der Waals surface area contributed by atoms with E-state index in [4.69, 9.17) is 11.0 Å². The van der Waals surface area contributed by atoms with Crippen molar-refractivity contribution < 1.29 is 4.39 Å². The van der Waals surface area contributed by atoms with E-state index < -0.39 is 17.4 Å². The Morgan fingerprint density at radius 3 is 2.75 bits per heavy atom. The standard InChI is InChI=1S/C18H15FN4O/c1-10-6-7-14(19)16-15(10)18(24)23(17(22-16)11(2)21)13-5-3-4-12(8-13)9-20/h3-8,11H,21H2,1-2H3/t11-/m0/s1. The highest BCUT2D eigenvalue weighted by Gasteiger charge is 2.19. The fourth-order valence-corrected chi connectivity index (χ4v) is 2.70. The molecular formula is C18H15FN4O. The summed E-state index contributed by atoms with van der Waals surface area (Å²) in [5.74, 6) is -0.320. The van der Waals surface area contributed by atoms with Gasteiger partial charge in [0, 0.05) is 0 Å². The Morgan fingerprint density at radius 1 is 1.33 bits per heavy atom. The number of rotatable bonds is 2. The zero-order valence-electron chi connectivity index (χ0n) is 13.2. The first-order valence-corrected chi connectivity index (χ1v) is 7.42. The molecule has 0 saturated heterocycles. The number of nitrogens with zero attached hydrogens (tertiary/aromatic N) is 3. The summed E-state index contributed by atoms with van der Waals surface area (Å²) in [7, 11) is 0. The molecule has 0 aliphatic rings. The van der Waals surface area contributed by atoms with E-state index in [0.717, 1.165) is 0 Å². The van der Waals surface area contributed by atoms with Crippen LogP contribution in [0.15, 0.2) is 41.2 Å². The molecule has 3 aromatic rings. The quantitative estimate of drug-likeness (QED) is 0.786.